The van der Waals surface area contributed by atoms with Crippen LogP contribution >= 0.6 is 0 Å². The first-order valence-electron chi connectivity index (χ1n) is 9.20. The molecule has 1 saturated carbocycles. The molecule has 1 aromatic rings. The molecule has 2 saturated heterocycles. The van der Waals surface area contributed by atoms with Crippen LogP contribution in [0.3, 0.4) is 0 Å². The maximum absolute atomic E-state index is 12.8. The van der Waals surface area contributed by atoms with Gasteiger partial charge in [0.1, 0.15) is 0 Å². The summed E-state index contributed by atoms with van der Waals surface area (Å²) in [6.45, 7) is 0.709. The molecule has 2 atom stereocenters. The fourth-order valence-corrected chi connectivity index (χ4v) is 4.82. The summed E-state index contributed by atoms with van der Waals surface area (Å²) in [5, 5.41) is 0. The van der Waals surface area contributed by atoms with Gasteiger partial charge in [-0.2, -0.15) is 0 Å². The van der Waals surface area contributed by atoms with Gasteiger partial charge in [0.15, 0.2) is 6.17 Å². The summed E-state index contributed by atoms with van der Waals surface area (Å²) in [6.07, 6.45) is 4.26. The Labute approximate surface area is 152 Å². The molecule has 1 aliphatic carbocycles. The predicted octanol–water partition coefficient (Wildman–Crippen LogP) is 0.606. The van der Waals surface area contributed by atoms with Crippen LogP contribution in [0.4, 0.5) is 5.69 Å². The molecule has 4 rings (SSSR count). The topological polar surface area (TPSA) is 110 Å². The third-order valence-corrected chi connectivity index (χ3v) is 6.21. The highest BCUT2D eigenvalue weighted by atomic mass is 16.2. The Bertz CT molecular complexity index is 757. The third-order valence-electron chi connectivity index (χ3n) is 6.21. The minimum Gasteiger partial charge on any atom is -0.370 e. The van der Waals surface area contributed by atoms with E-state index in [-0.39, 0.29) is 23.3 Å². The Hall–Kier alpha value is -2.41. The van der Waals surface area contributed by atoms with Gasteiger partial charge in [-0.25, -0.2) is 0 Å². The van der Waals surface area contributed by atoms with E-state index >= 15 is 0 Å². The lowest BCUT2D eigenvalue weighted by Gasteiger charge is -2.42. The van der Waals surface area contributed by atoms with Gasteiger partial charge in [-0.15, -0.1) is 0 Å². The van der Waals surface area contributed by atoms with Crippen LogP contribution < -0.4 is 16.4 Å². The van der Waals surface area contributed by atoms with Gasteiger partial charge in [0.25, 0.3) is 5.91 Å². The number of nitrogens with two attached hydrogens (primary N) is 2. The quantitative estimate of drug-likeness (QED) is 0.805. The average Bonchev–Trinajstić information content (AvgIpc) is 3.13. The number of anilines is 1. The van der Waals surface area contributed by atoms with Crippen molar-refractivity contribution in [2.75, 3.05) is 11.4 Å². The van der Waals surface area contributed by atoms with E-state index in [1.165, 1.54) is 4.90 Å². The second-order valence-electron chi connectivity index (χ2n) is 7.70. The molecule has 138 valence electrons. The standard InChI is InChI=1S/C19H24N4O3/c20-15(24)11-19(8-2-9-19)12-4-6-13(7-5-12)23-17(16(21)25)22-10-1-3-14(22)18(23)26/h4-7,14,17H,1-3,8-11H2,(H2,20,24)(H2,21,25)/t14-,17?/m0/s1. The lowest BCUT2D eigenvalue weighted by atomic mass is 9.62. The minimum absolute atomic E-state index is 0.0606. The van der Waals surface area contributed by atoms with Gasteiger partial charge in [-0.3, -0.25) is 24.2 Å². The Morgan fingerprint density at radius 1 is 1.12 bits per heavy atom. The number of benzene rings is 1. The first-order valence-corrected chi connectivity index (χ1v) is 9.20. The molecule has 0 radical (unpaired) electrons. The highest BCUT2D eigenvalue weighted by Gasteiger charge is 2.51. The summed E-state index contributed by atoms with van der Waals surface area (Å²) in [6, 6.07) is 7.36. The molecular formula is C19H24N4O3. The number of hydrogen-bond acceptors (Lipinski definition) is 4. The van der Waals surface area contributed by atoms with Gasteiger partial charge in [-0.05, 0) is 43.4 Å². The molecule has 3 fully saturated rings. The summed E-state index contributed by atoms with van der Waals surface area (Å²) >= 11 is 0. The maximum atomic E-state index is 12.8. The molecule has 0 bridgehead atoms. The van der Waals surface area contributed by atoms with Crippen LogP contribution in [-0.2, 0) is 19.8 Å². The summed E-state index contributed by atoms with van der Waals surface area (Å²) in [5.41, 5.74) is 12.6. The highest BCUT2D eigenvalue weighted by molar-refractivity contribution is 6.06. The maximum Gasteiger partial charge on any atom is 0.255 e. The van der Waals surface area contributed by atoms with E-state index in [1.54, 1.807) is 0 Å². The number of nitrogens with zero attached hydrogens (tertiary/aromatic N) is 2. The van der Waals surface area contributed by atoms with Crippen molar-refractivity contribution in [3.8, 4) is 0 Å². The number of rotatable bonds is 5. The molecule has 26 heavy (non-hydrogen) atoms. The lowest BCUT2D eigenvalue weighted by molar-refractivity contribution is -0.123. The van der Waals surface area contributed by atoms with Gasteiger partial charge in [0.2, 0.25) is 11.8 Å². The molecular weight excluding hydrogens is 332 g/mol. The van der Waals surface area contributed by atoms with Crippen molar-refractivity contribution in [3.63, 3.8) is 0 Å². The normalized spacial score (nSPS) is 27.2. The number of fused-ring (bicyclic) bond motifs is 1. The third kappa shape index (κ3) is 2.49. The molecule has 2 heterocycles. The Morgan fingerprint density at radius 2 is 1.81 bits per heavy atom. The molecule has 4 N–H and O–H groups in total. The van der Waals surface area contributed by atoms with Crippen LogP contribution in [0, 0.1) is 0 Å². The van der Waals surface area contributed by atoms with Gasteiger partial charge in [0.05, 0.1) is 6.04 Å². The van der Waals surface area contributed by atoms with Gasteiger partial charge < -0.3 is 11.5 Å². The zero-order valence-electron chi connectivity index (χ0n) is 14.7. The van der Waals surface area contributed by atoms with Crippen molar-refractivity contribution >= 4 is 23.4 Å². The number of amides is 3. The van der Waals surface area contributed by atoms with E-state index in [9.17, 15) is 14.4 Å². The lowest BCUT2D eigenvalue weighted by Crippen LogP contribution is -2.49. The monoisotopic (exact) mass is 356 g/mol. The SMILES string of the molecule is NC(=O)CC1(c2ccc(N3C(=O)[C@@H]4CCCN4C3C(N)=O)cc2)CCC1. The summed E-state index contributed by atoms with van der Waals surface area (Å²) < 4.78 is 0. The van der Waals surface area contributed by atoms with Crippen molar-refractivity contribution in [1.82, 2.24) is 4.90 Å². The molecule has 7 heteroatoms. The number of carbonyl (C=O) groups is 3. The molecule has 1 unspecified atom stereocenters. The van der Waals surface area contributed by atoms with Crippen molar-refractivity contribution in [1.29, 1.82) is 0 Å². The average molecular weight is 356 g/mol. The second kappa shape index (κ2) is 6.09. The van der Waals surface area contributed by atoms with Crippen LogP contribution in [0.1, 0.15) is 44.1 Å². The first-order chi connectivity index (χ1) is 12.4. The van der Waals surface area contributed by atoms with Gasteiger partial charge in [0, 0.05) is 24.1 Å². The van der Waals surface area contributed by atoms with Crippen molar-refractivity contribution < 1.29 is 14.4 Å². The van der Waals surface area contributed by atoms with Gasteiger partial charge in [-0.1, -0.05) is 18.6 Å². The van der Waals surface area contributed by atoms with E-state index in [2.05, 4.69) is 0 Å². The van der Waals surface area contributed by atoms with E-state index in [0.29, 0.717) is 18.7 Å². The van der Waals surface area contributed by atoms with E-state index in [0.717, 1.165) is 37.7 Å². The largest absolute Gasteiger partial charge is 0.370 e. The fourth-order valence-electron chi connectivity index (χ4n) is 4.82. The van der Waals surface area contributed by atoms with Crippen molar-refractivity contribution in [2.24, 2.45) is 11.5 Å². The van der Waals surface area contributed by atoms with Crippen LogP contribution in [0.15, 0.2) is 24.3 Å². The van der Waals surface area contributed by atoms with E-state index in [4.69, 9.17) is 11.5 Å². The smallest absolute Gasteiger partial charge is 0.255 e. The van der Waals surface area contributed by atoms with E-state index in [1.807, 2.05) is 29.2 Å². The van der Waals surface area contributed by atoms with E-state index < -0.39 is 12.1 Å². The Balaban J connectivity index is 1.63. The second-order valence-corrected chi connectivity index (χ2v) is 7.70. The summed E-state index contributed by atoms with van der Waals surface area (Å²) in [7, 11) is 0. The molecule has 2 aliphatic heterocycles. The predicted molar refractivity (Wildman–Crippen MR) is 96.0 cm³/mol. The zero-order chi connectivity index (χ0) is 18.5. The molecule has 1 aromatic carbocycles. The van der Waals surface area contributed by atoms with Crippen molar-refractivity contribution in [2.45, 2.75) is 56.1 Å². The molecule has 7 nitrogen and oxygen atoms in total. The van der Waals surface area contributed by atoms with Gasteiger partial charge >= 0.3 is 0 Å². The van der Waals surface area contributed by atoms with Crippen LogP contribution in [-0.4, -0.2) is 41.4 Å². The molecule has 3 aliphatic rings. The van der Waals surface area contributed by atoms with Crippen LogP contribution in [0.2, 0.25) is 0 Å². The molecule has 0 spiro atoms. The highest BCUT2D eigenvalue weighted by Crippen LogP contribution is 2.47. The first kappa shape index (κ1) is 17.0. The van der Waals surface area contributed by atoms with Crippen LogP contribution in [0.25, 0.3) is 0 Å². The number of hydrogen-bond donors (Lipinski definition) is 2. The number of carbonyl (C=O) groups excluding carboxylic acids is 3. The summed E-state index contributed by atoms with van der Waals surface area (Å²) in [4.78, 5) is 39.7. The molecule has 0 aromatic heterocycles. The number of primary amides is 2. The summed E-state index contributed by atoms with van der Waals surface area (Å²) in [5.74, 6) is -0.858. The zero-order valence-corrected chi connectivity index (χ0v) is 14.7. The van der Waals surface area contributed by atoms with Crippen LogP contribution in [0.5, 0.6) is 0 Å². The Morgan fingerprint density at radius 3 is 2.35 bits per heavy atom. The fraction of sp³-hybridized carbons (Fsp3) is 0.526. The minimum atomic E-state index is -0.718. The Kier molecular flexibility index (Phi) is 3.99. The van der Waals surface area contributed by atoms with Crippen molar-refractivity contribution in [3.05, 3.63) is 29.8 Å². The molecule has 3 amide bonds.